The van der Waals surface area contributed by atoms with Crippen LogP contribution in [0.5, 0.6) is 0 Å². The lowest BCUT2D eigenvalue weighted by Crippen LogP contribution is -2.33. The van der Waals surface area contributed by atoms with E-state index in [2.05, 4.69) is 20.8 Å². The SMILES string of the molecule is Cc1ccc(NC(=O)CSc2nnc([C@@H](NC(=O)c3ccccc3Cl)C(C)C)n2C)cc1Cl. The van der Waals surface area contributed by atoms with Crippen molar-refractivity contribution in [1.29, 1.82) is 0 Å². The first-order valence-electron chi connectivity index (χ1n) is 10.3. The van der Waals surface area contributed by atoms with Gasteiger partial charge in [0.15, 0.2) is 11.0 Å². The van der Waals surface area contributed by atoms with Gasteiger partial charge in [-0.25, -0.2) is 0 Å². The Morgan fingerprint density at radius 2 is 1.82 bits per heavy atom. The van der Waals surface area contributed by atoms with Crippen molar-refractivity contribution in [3.63, 3.8) is 0 Å². The van der Waals surface area contributed by atoms with Crippen molar-refractivity contribution >= 4 is 52.5 Å². The molecule has 0 bridgehead atoms. The Balaban J connectivity index is 1.67. The van der Waals surface area contributed by atoms with Crippen LogP contribution in [-0.4, -0.2) is 32.3 Å². The molecule has 0 aliphatic rings. The largest absolute Gasteiger partial charge is 0.342 e. The van der Waals surface area contributed by atoms with Gasteiger partial charge in [0.1, 0.15) is 0 Å². The lowest BCUT2D eigenvalue weighted by molar-refractivity contribution is -0.113. The number of amides is 2. The third-order valence-electron chi connectivity index (χ3n) is 5.01. The first-order valence-corrected chi connectivity index (χ1v) is 12.0. The number of hydrogen-bond donors (Lipinski definition) is 2. The normalized spacial score (nSPS) is 12.0. The Labute approximate surface area is 207 Å². The Morgan fingerprint density at radius 3 is 2.48 bits per heavy atom. The zero-order valence-corrected chi connectivity index (χ0v) is 21.1. The van der Waals surface area contributed by atoms with Crippen LogP contribution < -0.4 is 10.6 Å². The lowest BCUT2D eigenvalue weighted by atomic mass is 10.0. The summed E-state index contributed by atoms with van der Waals surface area (Å²) in [6, 6.07) is 11.9. The fraction of sp³-hybridized carbons (Fsp3) is 0.304. The summed E-state index contributed by atoms with van der Waals surface area (Å²) in [5, 5.41) is 15.9. The number of aryl methyl sites for hydroxylation is 1. The second kappa shape index (κ2) is 11.0. The highest BCUT2D eigenvalue weighted by Gasteiger charge is 2.26. The summed E-state index contributed by atoms with van der Waals surface area (Å²) in [7, 11) is 1.81. The Hall–Kier alpha value is -2.55. The number of hydrogen-bond acceptors (Lipinski definition) is 5. The summed E-state index contributed by atoms with van der Waals surface area (Å²) < 4.78 is 1.79. The van der Waals surface area contributed by atoms with Crippen molar-refractivity contribution in [2.45, 2.75) is 32.0 Å². The average Bonchev–Trinajstić information content (AvgIpc) is 3.13. The predicted octanol–water partition coefficient (Wildman–Crippen LogP) is 5.29. The quantitative estimate of drug-likeness (QED) is 0.406. The summed E-state index contributed by atoms with van der Waals surface area (Å²) in [4.78, 5) is 25.2. The van der Waals surface area contributed by atoms with Gasteiger partial charge in [-0.2, -0.15) is 0 Å². The molecule has 1 atom stereocenters. The van der Waals surface area contributed by atoms with E-state index in [4.69, 9.17) is 23.2 Å². The molecule has 0 saturated carbocycles. The standard InChI is InChI=1S/C23H25Cl2N5O2S/c1-13(2)20(27-22(32)16-7-5-6-8-17(16)24)21-28-29-23(30(21)4)33-12-19(31)26-15-10-9-14(3)18(25)11-15/h5-11,13,20H,12H2,1-4H3,(H,26,31)(H,27,32)/t20-/m0/s1. The molecule has 0 spiro atoms. The minimum atomic E-state index is -0.385. The molecule has 0 radical (unpaired) electrons. The molecule has 2 aromatic carbocycles. The summed E-state index contributed by atoms with van der Waals surface area (Å²) >= 11 is 13.5. The van der Waals surface area contributed by atoms with Gasteiger partial charge < -0.3 is 15.2 Å². The number of rotatable bonds is 8. The van der Waals surface area contributed by atoms with Crippen LogP contribution in [0.25, 0.3) is 0 Å². The number of nitrogens with one attached hydrogen (secondary N) is 2. The molecule has 0 aliphatic carbocycles. The van der Waals surface area contributed by atoms with Crippen molar-refractivity contribution < 1.29 is 9.59 Å². The van der Waals surface area contributed by atoms with Crippen LogP contribution in [-0.2, 0) is 11.8 Å². The van der Waals surface area contributed by atoms with Crippen LogP contribution in [0.2, 0.25) is 10.0 Å². The number of carbonyl (C=O) groups excluding carboxylic acids is 2. The van der Waals surface area contributed by atoms with Gasteiger partial charge in [-0.05, 0) is 42.7 Å². The van der Waals surface area contributed by atoms with Crippen LogP contribution in [0.15, 0.2) is 47.6 Å². The monoisotopic (exact) mass is 505 g/mol. The molecule has 0 aliphatic heterocycles. The molecule has 7 nitrogen and oxygen atoms in total. The van der Waals surface area contributed by atoms with Gasteiger partial charge in [-0.3, -0.25) is 9.59 Å². The molecule has 1 aromatic heterocycles. The lowest BCUT2D eigenvalue weighted by Gasteiger charge is -2.22. The van der Waals surface area contributed by atoms with Gasteiger partial charge in [0.2, 0.25) is 5.91 Å². The topological polar surface area (TPSA) is 88.9 Å². The van der Waals surface area contributed by atoms with E-state index in [0.717, 1.165) is 5.56 Å². The molecule has 3 aromatic rings. The van der Waals surface area contributed by atoms with Crippen LogP contribution >= 0.6 is 35.0 Å². The number of thioether (sulfide) groups is 1. The number of carbonyl (C=O) groups is 2. The van der Waals surface area contributed by atoms with Gasteiger partial charge in [-0.15, -0.1) is 10.2 Å². The molecule has 2 amide bonds. The summed E-state index contributed by atoms with van der Waals surface area (Å²) in [6.07, 6.45) is 0. The van der Waals surface area contributed by atoms with Crippen molar-refractivity contribution in [2.75, 3.05) is 11.1 Å². The first kappa shape index (κ1) is 25.1. The molecule has 0 fully saturated rings. The van der Waals surface area contributed by atoms with Gasteiger partial charge in [0, 0.05) is 17.8 Å². The Kier molecular flexibility index (Phi) is 8.40. The molecule has 2 N–H and O–H groups in total. The fourth-order valence-electron chi connectivity index (χ4n) is 3.11. The smallest absolute Gasteiger partial charge is 0.253 e. The Morgan fingerprint density at radius 1 is 1.09 bits per heavy atom. The van der Waals surface area contributed by atoms with Crippen molar-refractivity contribution in [3.05, 3.63) is 69.5 Å². The van der Waals surface area contributed by atoms with Crippen LogP contribution in [0, 0.1) is 12.8 Å². The van der Waals surface area contributed by atoms with E-state index in [9.17, 15) is 9.59 Å². The molecule has 174 valence electrons. The third kappa shape index (κ3) is 6.28. The molecule has 33 heavy (non-hydrogen) atoms. The maximum atomic E-state index is 12.8. The van der Waals surface area contributed by atoms with Crippen molar-refractivity contribution in [2.24, 2.45) is 13.0 Å². The predicted molar refractivity (Wildman–Crippen MR) is 133 cm³/mol. The maximum Gasteiger partial charge on any atom is 0.253 e. The van der Waals surface area contributed by atoms with Gasteiger partial charge >= 0.3 is 0 Å². The number of nitrogens with zero attached hydrogens (tertiary/aromatic N) is 3. The number of benzene rings is 2. The average molecular weight is 506 g/mol. The van der Waals surface area contributed by atoms with E-state index in [1.807, 2.05) is 33.9 Å². The Bertz CT molecular complexity index is 1170. The maximum absolute atomic E-state index is 12.8. The number of aromatic nitrogens is 3. The van der Waals surface area contributed by atoms with Crippen molar-refractivity contribution in [1.82, 2.24) is 20.1 Å². The minimum absolute atomic E-state index is 0.0479. The summed E-state index contributed by atoms with van der Waals surface area (Å²) in [5.41, 5.74) is 1.98. The van der Waals surface area contributed by atoms with Crippen LogP contribution in [0.1, 0.15) is 41.6 Å². The molecule has 0 unspecified atom stereocenters. The van der Waals surface area contributed by atoms with Gasteiger partial charge in [0.05, 0.1) is 22.4 Å². The molecule has 10 heteroatoms. The second-order valence-corrected chi connectivity index (χ2v) is 9.63. The fourth-order valence-corrected chi connectivity index (χ4v) is 4.23. The minimum Gasteiger partial charge on any atom is -0.342 e. The second-order valence-electron chi connectivity index (χ2n) is 7.88. The molecule has 1 heterocycles. The molecular formula is C23H25Cl2N5O2S. The first-order chi connectivity index (χ1) is 15.7. The van der Waals surface area contributed by atoms with Gasteiger partial charge in [0.25, 0.3) is 5.91 Å². The number of halogens is 2. The van der Waals surface area contributed by atoms with E-state index >= 15 is 0 Å². The highest BCUT2D eigenvalue weighted by Crippen LogP contribution is 2.26. The van der Waals surface area contributed by atoms with E-state index in [1.54, 1.807) is 41.0 Å². The summed E-state index contributed by atoms with van der Waals surface area (Å²) in [5.74, 6) is 0.324. The highest BCUT2D eigenvalue weighted by atomic mass is 35.5. The van der Waals surface area contributed by atoms with E-state index in [-0.39, 0.29) is 29.5 Å². The summed E-state index contributed by atoms with van der Waals surface area (Å²) in [6.45, 7) is 5.87. The van der Waals surface area contributed by atoms with Gasteiger partial charge in [-0.1, -0.05) is 67.0 Å². The van der Waals surface area contributed by atoms with Crippen LogP contribution in [0.4, 0.5) is 5.69 Å². The third-order valence-corrected chi connectivity index (χ3v) is 6.76. The van der Waals surface area contributed by atoms with E-state index < -0.39 is 0 Å². The van der Waals surface area contributed by atoms with Crippen molar-refractivity contribution in [3.8, 4) is 0 Å². The zero-order chi connectivity index (χ0) is 24.1. The molecular weight excluding hydrogens is 481 g/mol. The van der Waals surface area contributed by atoms with E-state index in [1.165, 1.54) is 11.8 Å². The zero-order valence-electron chi connectivity index (χ0n) is 18.7. The molecule has 3 rings (SSSR count). The van der Waals surface area contributed by atoms with Crippen LogP contribution in [0.3, 0.4) is 0 Å². The molecule has 0 saturated heterocycles. The highest BCUT2D eigenvalue weighted by molar-refractivity contribution is 7.99. The van der Waals surface area contributed by atoms with E-state index in [0.29, 0.717) is 32.3 Å². The number of anilines is 1.